The van der Waals surface area contributed by atoms with Crippen LogP contribution in [0.2, 0.25) is 0 Å². The first-order chi connectivity index (χ1) is 26.5. The molecule has 14 radical (unpaired) electrons. The standard InChI is InChI=1S/C47H23B7S/c1-47(2)29-17-18-32-36(28-5-3-4-6-31(28)55-32)35(29)27-16-11-22(19-30(27)47)23-12-7-20-9-14-25-26(15-10-21-8-13-24(23)33(20)34(21)25)37-40(48)38-39(42(50)41(37)49)44(52)46(54)45(53)43(38)51/h3-19H,1-2H3. The van der Waals surface area contributed by atoms with Gasteiger partial charge in [0, 0.05) is 25.6 Å². The molecule has 1 aliphatic carbocycles. The fraction of sp³-hybridized carbons (Fsp3) is 0.0638. The fourth-order valence-electron chi connectivity index (χ4n) is 9.70. The van der Waals surface area contributed by atoms with Gasteiger partial charge in [-0.25, -0.2) is 0 Å². The molecule has 0 bridgehead atoms. The summed E-state index contributed by atoms with van der Waals surface area (Å²) in [4.78, 5) is 0. The van der Waals surface area contributed by atoms with Crippen molar-refractivity contribution in [3.63, 3.8) is 0 Å². The predicted octanol–water partition coefficient (Wildman–Crippen LogP) is 5.30. The average molecular weight is 695 g/mol. The molecule has 11 rings (SSSR count). The van der Waals surface area contributed by atoms with E-state index in [1.807, 2.05) is 17.4 Å². The number of hydrogen-bond acceptors (Lipinski definition) is 1. The molecule has 0 aliphatic heterocycles. The van der Waals surface area contributed by atoms with E-state index in [-0.39, 0.29) is 32.7 Å². The Morgan fingerprint density at radius 3 is 1.69 bits per heavy atom. The fourth-order valence-corrected chi connectivity index (χ4v) is 10.8. The van der Waals surface area contributed by atoms with E-state index in [9.17, 15) is 0 Å². The third-order valence-electron chi connectivity index (χ3n) is 12.5. The van der Waals surface area contributed by atoms with Crippen LogP contribution in [0, 0.1) is 0 Å². The molecule has 0 saturated carbocycles. The Hall–Kier alpha value is -5.05. The van der Waals surface area contributed by atoms with Crippen LogP contribution in [0.3, 0.4) is 0 Å². The van der Waals surface area contributed by atoms with Crippen molar-refractivity contribution in [2.45, 2.75) is 19.3 Å². The summed E-state index contributed by atoms with van der Waals surface area (Å²) in [5.41, 5.74) is 10.7. The molecule has 0 fully saturated rings. The zero-order valence-corrected chi connectivity index (χ0v) is 31.1. The maximum atomic E-state index is 6.96. The average Bonchev–Trinajstić information content (AvgIpc) is 3.68. The number of benzene rings is 9. The van der Waals surface area contributed by atoms with Gasteiger partial charge in [-0.3, -0.25) is 0 Å². The Labute approximate surface area is 332 Å². The number of fused-ring (bicyclic) bond motifs is 8. The molecule has 1 aliphatic rings. The van der Waals surface area contributed by atoms with Crippen LogP contribution in [0.15, 0.2) is 103 Å². The van der Waals surface area contributed by atoms with Crippen LogP contribution < -0.4 is 38.2 Å². The summed E-state index contributed by atoms with van der Waals surface area (Å²) < 4.78 is 2.65. The number of thiophene rings is 1. The minimum atomic E-state index is -0.164. The predicted molar refractivity (Wildman–Crippen MR) is 247 cm³/mol. The zero-order valence-electron chi connectivity index (χ0n) is 30.3. The smallest absolute Gasteiger partial charge is 0.115 e. The highest BCUT2D eigenvalue weighted by atomic mass is 32.1. The molecule has 55 heavy (non-hydrogen) atoms. The minimum Gasteiger partial charge on any atom is -0.135 e. The summed E-state index contributed by atoms with van der Waals surface area (Å²) in [6, 6.07) is 37.9. The van der Waals surface area contributed by atoms with Gasteiger partial charge in [-0.05, 0) is 106 Å². The molecule has 0 nitrogen and oxygen atoms in total. The summed E-state index contributed by atoms with van der Waals surface area (Å²) in [5.74, 6) is 0. The van der Waals surface area contributed by atoms with Crippen molar-refractivity contribution >= 4 is 168 Å². The molecule has 0 amide bonds. The van der Waals surface area contributed by atoms with Crippen LogP contribution in [0.5, 0.6) is 0 Å². The third-order valence-corrected chi connectivity index (χ3v) is 13.6. The molecule has 0 unspecified atom stereocenters. The van der Waals surface area contributed by atoms with E-state index < -0.39 is 0 Å². The monoisotopic (exact) mass is 696 g/mol. The van der Waals surface area contributed by atoms with Gasteiger partial charge in [0.05, 0.1) is 0 Å². The highest BCUT2D eigenvalue weighted by molar-refractivity contribution is 7.26. The van der Waals surface area contributed by atoms with Crippen molar-refractivity contribution in [1.29, 1.82) is 0 Å². The topological polar surface area (TPSA) is 0 Å². The van der Waals surface area contributed by atoms with Crippen LogP contribution in [-0.4, -0.2) is 54.9 Å². The van der Waals surface area contributed by atoms with E-state index in [0.717, 1.165) is 27.1 Å². The Bertz CT molecular complexity index is 3380. The Balaban J connectivity index is 1.14. The molecule has 1 aromatic heterocycles. The third kappa shape index (κ3) is 4.22. The largest absolute Gasteiger partial charge is 0.135 e. The van der Waals surface area contributed by atoms with Gasteiger partial charge in [0.25, 0.3) is 0 Å². The minimum absolute atomic E-state index is 0.159. The van der Waals surface area contributed by atoms with Crippen molar-refractivity contribution in [3.8, 4) is 33.4 Å². The molecular formula is C47H23B7S. The summed E-state index contributed by atoms with van der Waals surface area (Å²) in [6.07, 6.45) is 0. The first-order valence-electron chi connectivity index (χ1n) is 18.3. The van der Waals surface area contributed by atoms with Gasteiger partial charge in [-0.2, -0.15) is 0 Å². The van der Waals surface area contributed by atoms with Crippen molar-refractivity contribution in [1.82, 2.24) is 0 Å². The molecule has 8 heteroatoms. The van der Waals surface area contributed by atoms with E-state index >= 15 is 0 Å². The van der Waals surface area contributed by atoms with Crippen molar-refractivity contribution in [3.05, 3.63) is 114 Å². The second-order valence-corrected chi connectivity index (χ2v) is 16.6. The number of rotatable bonds is 2. The van der Waals surface area contributed by atoms with E-state index in [1.165, 1.54) is 64.3 Å². The van der Waals surface area contributed by atoms with Crippen LogP contribution in [0.4, 0.5) is 0 Å². The lowest BCUT2D eigenvalue weighted by molar-refractivity contribution is 0.661. The van der Waals surface area contributed by atoms with Crippen molar-refractivity contribution < 1.29 is 0 Å². The molecule has 0 atom stereocenters. The van der Waals surface area contributed by atoms with Crippen molar-refractivity contribution in [2.75, 3.05) is 0 Å². The molecule has 0 N–H and O–H groups in total. The van der Waals surface area contributed by atoms with Gasteiger partial charge in [-0.1, -0.05) is 126 Å². The van der Waals surface area contributed by atoms with Gasteiger partial charge in [0.2, 0.25) is 0 Å². The lowest BCUT2D eigenvalue weighted by Crippen LogP contribution is -2.52. The SMILES string of the molecule is [B]c1c([B])c([B])c2c([B])c(-c3ccc4ccc5c(-c6ccc7c(c6)C(C)(C)c6ccc8sc9ccccc9c8c6-7)ccc6ccc3c4c65)c([B])c([B])c2c1[B]. The summed E-state index contributed by atoms with van der Waals surface area (Å²) >= 11 is 1.87. The van der Waals surface area contributed by atoms with E-state index in [1.54, 1.807) is 0 Å². The second kappa shape index (κ2) is 11.3. The van der Waals surface area contributed by atoms with Crippen LogP contribution in [-0.2, 0) is 5.41 Å². The second-order valence-electron chi connectivity index (χ2n) is 15.5. The van der Waals surface area contributed by atoms with Gasteiger partial charge >= 0.3 is 0 Å². The van der Waals surface area contributed by atoms with Gasteiger partial charge < -0.3 is 0 Å². The van der Waals surface area contributed by atoms with E-state index in [4.69, 9.17) is 54.9 Å². The van der Waals surface area contributed by atoms with Gasteiger partial charge in [0.1, 0.15) is 54.9 Å². The zero-order chi connectivity index (χ0) is 37.8. The Morgan fingerprint density at radius 1 is 0.400 bits per heavy atom. The molecule has 10 aromatic rings. The highest BCUT2D eigenvalue weighted by Crippen LogP contribution is 2.55. The van der Waals surface area contributed by atoms with E-state index in [0.29, 0.717) is 27.3 Å². The van der Waals surface area contributed by atoms with E-state index in [2.05, 4.69) is 111 Å². The maximum absolute atomic E-state index is 6.96. The maximum Gasteiger partial charge on any atom is 0.115 e. The first-order valence-corrected chi connectivity index (χ1v) is 19.1. The van der Waals surface area contributed by atoms with Gasteiger partial charge in [-0.15, -0.1) is 22.3 Å². The normalized spacial score (nSPS) is 13.6. The molecule has 238 valence electrons. The molecule has 0 spiro atoms. The molecule has 9 aromatic carbocycles. The lowest BCUT2D eigenvalue weighted by Gasteiger charge is -2.26. The Kier molecular flexibility index (Phi) is 6.82. The first kappa shape index (κ1) is 33.3. The summed E-state index contributed by atoms with van der Waals surface area (Å²) in [5, 5.41) is 10.3. The molecule has 1 heterocycles. The van der Waals surface area contributed by atoms with Crippen LogP contribution in [0.25, 0.3) is 96.6 Å². The summed E-state index contributed by atoms with van der Waals surface area (Å²) in [6.45, 7) is 4.71. The van der Waals surface area contributed by atoms with Crippen LogP contribution >= 0.6 is 11.3 Å². The highest BCUT2D eigenvalue weighted by Gasteiger charge is 2.37. The number of hydrogen-bond donors (Lipinski definition) is 0. The Morgan fingerprint density at radius 2 is 0.982 bits per heavy atom. The van der Waals surface area contributed by atoms with Crippen molar-refractivity contribution in [2.24, 2.45) is 0 Å². The molecule has 0 saturated heterocycles. The van der Waals surface area contributed by atoms with Gasteiger partial charge in [0.15, 0.2) is 0 Å². The van der Waals surface area contributed by atoms with Crippen LogP contribution in [0.1, 0.15) is 25.0 Å². The molecular weight excluding hydrogens is 672 g/mol. The lowest BCUT2D eigenvalue weighted by atomic mass is 9.58. The summed E-state index contributed by atoms with van der Waals surface area (Å²) in [7, 11) is 46.0. The quantitative estimate of drug-likeness (QED) is 0.170.